The van der Waals surface area contributed by atoms with E-state index in [2.05, 4.69) is 32.8 Å². The standard InChI is InChI=1S/C22H21F4N5O2/c1-3-19(33)28-16-6-4-5-7-17(16)29-20-14(22(24,25)26)10-27-21(31-20)30-18-9-13(11-32)15(23)8-12(18)2/h3-9,29,32H,1,10-11H2,2H3,(H,28,33)(H2,27,30,31). The number of nitrogens with zero attached hydrogens (tertiary/aromatic N) is 1. The highest BCUT2D eigenvalue weighted by atomic mass is 19.4. The predicted octanol–water partition coefficient (Wildman–Crippen LogP) is 4.01. The van der Waals surface area contributed by atoms with Crippen LogP contribution in [0.2, 0.25) is 0 Å². The lowest BCUT2D eigenvalue weighted by Crippen LogP contribution is -2.40. The average molecular weight is 463 g/mol. The molecule has 0 spiro atoms. The largest absolute Gasteiger partial charge is 0.417 e. The third-order valence-corrected chi connectivity index (χ3v) is 4.73. The first-order valence-electron chi connectivity index (χ1n) is 9.70. The van der Waals surface area contributed by atoms with Gasteiger partial charge in [-0.2, -0.15) is 13.2 Å². The third-order valence-electron chi connectivity index (χ3n) is 4.73. The molecule has 0 saturated heterocycles. The van der Waals surface area contributed by atoms with Crippen molar-refractivity contribution in [2.75, 3.05) is 22.5 Å². The van der Waals surface area contributed by atoms with E-state index in [-0.39, 0.29) is 28.7 Å². The number of amides is 1. The molecular weight excluding hydrogens is 442 g/mol. The van der Waals surface area contributed by atoms with E-state index in [4.69, 9.17) is 0 Å². The van der Waals surface area contributed by atoms with E-state index in [1.807, 2.05) is 0 Å². The quantitative estimate of drug-likeness (QED) is 0.330. The maximum absolute atomic E-state index is 13.8. The molecule has 11 heteroatoms. The molecule has 2 aromatic carbocycles. The summed E-state index contributed by atoms with van der Waals surface area (Å²) in [5.41, 5.74) is 0.351. The Balaban J connectivity index is 1.90. The van der Waals surface area contributed by atoms with Crippen LogP contribution in [0.3, 0.4) is 0 Å². The van der Waals surface area contributed by atoms with Gasteiger partial charge in [0.25, 0.3) is 0 Å². The van der Waals surface area contributed by atoms with Crippen molar-refractivity contribution in [3.05, 3.63) is 77.4 Å². The van der Waals surface area contributed by atoms with Gasteiger partial charge in [-0.1, -0.05) is 18.7 Å². The highest BCUT2D eigenvalue weighted by Crippen LogP contribution is 2.32. The fourth-order valence-electron chi connectivity index (χ4n) is 3.00. The highest BCUT2D eigenvalue weighted by Gasteiger charge is 2.38. The van der Waals surface area contributed by atoms with E-state index in [1.54, 1.807) is 19.1 Å². The molecule has 2 aromatic rings. The normalized spacial score (nSPS) is 13.7. The van der Waals surface area contributed by atoms with Crippen molar-refractivity contribution >= 4 is 28.9 Å². The minimum absolute atomic E-state index is 0.0169. The number of benzene rings is 2. The minimum atomic E-state index is -4.68. The fraction of sp³-hybridized carbons (Fsp3) is 0.182. The summed E-state index contributed by atoms with van der Waals surface area (Å²) in [7, 11) is 0. The molecule has 0 aliphatic carbocycles. The number of aliphatic imine (C=N–C) groups is 1. The number of aryl methyl sites for hydroxylation is 1. The van der Waals surface area contributed by atoms with Crippen molar-refractivity contribution in [3.63, 3.8) is 0 Å². The van der Waals surface area contributed by atoms with Gasteiger partial charge in [-0.3, -0.25) is 4.79 Å². The van der Waals surface area contributed by atoms with Crippen LogP contribution in [0.15, 0.2) is 65.4 Å². The fourth-order valence-corrected chi connectivity index (χ4v) is 3.00. The van der Waals surface area contributed by atoms with Gasteiger partial charge in [-0.15, -0.1) is 0 Å². The molecule has 0 saturated carbocycles. The SMILES string of the molecule is C=CC(=O)Nc1ccccc1NC1=C(C(F)(F)F)CN=C(Nc2cc(CO)c(F)cc2C)N1. The van der Waals surface area contributed by atoms with E-state index in [9.17, 15) is 27.5 Å². The molecule has 1 amide bonds. The van der Waals surface area contributed by atoms with Crippen molar-refractivity contribution in [2.24, 2.45) is 4.99 Å². The van der Waals surface area contributed by atoms with E-state index < -0.39 is 36.6 Å². The highest BCUT2D eigenvalue weighted by molar-refractivity contribution is 6.01. The molecule has 33 heavy (non-hydrogen) atoms. The molecule has 7 nitrogen and oxygen atoms in total. The number of carbonyl (C=O) groups is 1. The summed E-state index contributed by atoms with van der Waals surface area (Å²) in [6, 6.07) is 8.77. The Kier molecular flexibility index (Phi) is 7.02. The molecule has 1 aliphatic heterocycles. The second-order valence-electron chi connectivity index (χ2n) is 7.05. The summed E-state index contributed by atoms with van der Waals surface area (Å²) in [4.78, 5) is 15.6. The van der Waals surface area contributed by atoms with Gasteiger partial charge in [0.1, 0.15) is 11.6 Å². The molecule has 0 radical (unpaired) electrons. The lowest BCUT2D eigenvalue weighted by atomic mass is 10.1. The molecule has 0 atom stereocenters. The zero-order chi connectivity index (χ0) is 24.2. The van der Waals surface area contributed by atoms with Crippen molar-refractivity contribution in [1.82, 2.24) is 5.32 Å². The maximum Gasteiger partial charge on any atom is 0.417 e. The predicted molar refractivity (Wildman–Crippen MR) is 118 cm³/mol. The van der Waals surface area contributed by atoms with Crippen LogP contribution in [0, 0.1) is 12.7 Å². The van der Waals surface area contributed by atoms with Gasteiger partial charge in [-0.25, -0.2) is 9.38 Å². The number of halogens is 4. The molecule has 0 bridgehead atoms. The lowest BCUT2D eigenvalue weighted by molar-refractivity contribution is -0.111. The number of nitrogens with one attached hydrogen (secondary N) is 4. The van der Waals surface area contributed by atoms with E-state index in [1.165, 1.54) is 24.3 Å². The number of carbonyl (C=O) groups excluding carboxylic acids is 1. The Labute approximate surface area is 186 Å². The van der Waals surface area contributed by atoms with Crippen LogP contribution < -0.4 is 21.3 Å². The van der Waals surface area contributed by atoms with E-state index in [0.29, 0.717) is 11.3 Å². The molecule has 1 aliphatic rings. The monoisotopic (exact) mass is 463 g/mol. The first kappa shape index (κ1) is 23.8. The Morgan fingerprint density at radius 2 is 1.91 bits per heavy atom. The Hall–Kier alpha value is -3.86. The first-order chi connectivity index (χ1) is 15.6. The summed E-state index contributed by atoms with van der Waals surface area (Å²) in [6.45, 7) is 3.73. The van der Waals surface area contributed by atoms with Crippen LogP contribution in [0.25, 0.3) is 0 Å². The van der Waals surface area contributed by atoms with Crippen molar-refractivity contribution in [1.29, 1.82) is 0 Å². The number of aliphatic hydroxyl groups excluding tert-OH is 1. The van der Waals surface area contributed by atoms with Gasteiger partial charge in [-0.05, 0) is 42.8 Å². The van der Waals surface area contributed by atoms with Crippen LogP contribution in [0.4, 0.5) is 34.6 Å². The topological polar surface area (TPSA) is 97.8 Å². The second-order valence-corrected chi connectivity index (χ2v) is 7.05. The van der Waals surface area contributed by atoms with Gasteiger partial charge in [0.15, 0.2) is 0 Å². The van der Waals surface area contributed by atoms with Crippen LogP contribution in [-0.2, 0) is 11.4 Å². The number of alkyl halides is 3. The van der Waals surface area contributed by atoms with Gasteiger partial charge in [0.2, 0.25) is 11.9 Å². The summed E-state index contributed by atoms with van der Waals surface area (Å²) < 4.78 is 54.8. The molecule has 174 valence electrons. The number of anilines is 3. The van der Waals surface area contributed by atoms with Gasteiger partial charge in [0.05, 0.1) is 30.1 Å². The second kappa shape index (κ2) is 9.74. The summed E-state index contributed by atoms with van der Waals surface area (Å²) >= 11 is 0. The number of hydrogen-bond acceptors (Lipinski definition) is 6. The molecule has 1 heterocycles. The van der Waals surface area contributed by atoms with Crippen LogP contribution in [0.5, 0.6) is 0 Å². The zero-order valence-electron chi connectivity index (χ0n) is 17.5. The number of rotatable bonds is 6. The van der Waals surface area contributed by atoms with Gasteiger partial charge in [0, 0.05) is 11.3 Å². The van der Waals surface area contributed by atoms with Crippen molar-refractivity contribution in [3.8, 4) is 0 Å². The van der Waals surface area contributed by atoms with E-state index in [0.717, 1.165) is 6.08 Å². The Morgan fingerprint density at radius 1 is 1.21 bits per heavy atom. The first-order valence-corrected chi connectivity index (χ1v) is 9.70. The number of aliphatic hydroxyl groups is 1. The molecule has 5 N–H and O–H groups in total. The number of para-hydroxylation sites is 2. The maximum atomic E-state index is 13.8. The summed E-state index contributed by atoms with van der Waals surface area (Å²) in [6.07, 6.45) is -3.64. The smallest absolute Gasteiger partial charge is 0.392 e. The molecule has 0 unspecified atom stereocenters. The zero-order valence-corrected chi connectivity index (χ0v) is 17.5. The lowest BCUT2D eigenvalue weighted by Gasteiger charge is -2.26. The minimum Gasteiger partial charge on any atom is -0.392 e. The third kappa shape index (κ3) is 5.69. The summed E-state index contributed by atoms with van der Waals surface area (Å²) in [5, 5.41) is 19.9. The molecule has 0 aromatic heterocycles. The van der Waals surface area contributed by atoms with Crippen molar-refractivity contribution < 1.29 is 27.5 Å². The Bertz CT molecular complexity index is 1140. The summed E-state index contributed by atoms with van der Waals surface area (Å²) in [5.74, 6) is -1.53. The average Bonchev–Trinajstić information content (AvgIpc) is 2.76. The van der Waals surface area contributed by atoms with E-state index >= 15 is 0 Å². The number of hydrogen-bond donors (Lipinski definition) is 5. The van der Waals surface area contributed by atoms with Gasteiger partial charge >= 0.3 is 6.18 Å². The van der Waals surface area contributed by atoms with Crippen LogP contribution >= 0.6 is 0 Å². The Morgan fingerprint density at radius 3 is 2.55 bits per heavy atom. The molecular formula is C22H21F4N5O2. The van der Waals surface area contributed by atoms with Crippen LogP contribution in [-0.4, -0.2) is 29.7 Å². The molecule has 3 rings (SSSR count). The number of guanidine groups is 1. The van der Waals surface area contributed by atoms with Gasteiger partial charge < -0.3 is 26.4 Å². The molecule has 0 fully saturated rings. The van der Waals surface area contributed by atoms with Crippen molar-refractivity contribution in [2.45, 2.75) is 19.7 Å². The van der Waals surface area contributed by atoms with Crippen LogP contribution in [0.1, 0.15) is 11.1 Å².